The minimum atomic E-state index is -0.675. The number of amides is 3. The van der Waals surface area contributed by atoms with Gasteiger partial charge < -0.3 is 25.6 Å². The summed E-state index contributed by atoms with van der Waals surface area (Å²) >= 11 is 7.44. The fourth-order valence-electron chi connectivity index (χ4n) is 4.06. The van der Waals surface area contributed by atoms with Crippen LogP contribution in [0.5, 0.6) is 11.5 Å². The average Bonchev–Trinajstić information content (AvgIpc) is 2.87. The van der Waals surface area contributed by atoms with Crippen LogP contribution >= 0.6 is 23.4 Å². The number of unbranched alkanes of at least 4 members (excludes halogenated alkanes) is 1. The van der Waals surface area contributed by atoms with E-state index in [1.54, 1.807) is 0 Å². The molecule has 11 nitrogen and oxygen atoms in total. The van der Waals surface area contributed by atoms with Gasteiger partial charge >= 0.3 is 5.97 Å². The van der Waals surface area contributed by atoms with Crippen molar-refractivity contribution in [2.75, 3.05) is 39.0 Å². The lowest BCUT2D eigenvalue weighted by Crippen LogP contribution is -2.69. The summed E-state index contributed by atoms with van der Waals surface area (Å²) in [7, 11) is 1.26. The molecular weight excluding hydrogens is 512 g/mol. The number of β-lactam (4-membered cyclic amide) rings is 1. The van der Waals surface area contributed by atoms with Crippen LogP contribution in [-0.2, 0) is 19.1 Å². The average molecular weight is 541 g/mol. The molecule has 2 atom stereocenters. The van der Waals surface area contributed by atoms with Crippen molar-refractivity contribution in [2.24, 2.45) is 0 Å². The van der Waals surface area contributed by atoms with E-state index in [0.717, 1.165) is 18.4 Å². The lowest BCUT2D eigenvalue weighted by Gasteiger charge is -2.49. The van der Waals surface area contributed by atoms with E-state index in [-0.39, 0.29) is 34.1 Å². The zero-order valence-corrected chi connectivity index (χ0v) is 21.5. The van der Waals surface area contributed by atoms with E-state index in [1.165, 1.54) is 35.9 Å². The van der Waals surface area contributed by atoms with E-state index < -0.39 is 29.4 Å². The van der Waals surface area contributed by atoms with Crippen molar-refractivity contribution in [3.63, 3.8) is 0 Å². The summed E-state index contributed by atoms with van der Waals surface area (Å²) in [5.41, 5.74) is 0.967. The quantitative estimate of drug-likeness (QED) is 0.132. The molecule has 13 heteroatoms. The number of fused-ring (bicyclic) bond motifs is 1. The maximum atomic E-state index is 12.6. The monoisotopic (exact) mass is 540 g/mol. The number of ether oxygens (including phenoxy) is 1. The van der Waals surface area contributed by atoms with E-state index in [2.05, 4.69) is 22.5 Å². The molecule has 2 heterocycles. The van der Waals surface area contributed by atoms with Crippen LogP contribution in [0.4, 0.5) is 0 Å². The van der Waals surface area contributed by atoms with Gasteiger partial charge in [-0.3, -0.25) is 24.2 Å². The molecule has 36 heavy (non-hydrogen) atoms. The molecule has 3 rings (SSSR count). The molecule has 0 radical (unpaired) electrons. The minimum Gasteiger partial charge on any atom is -0.504 e. The SMILES string of the molecule is CCCCN(CCNC(=O)c1ccc(O)c(O)c1Cl)CC1=C(C(=O)OC)N2C(=O)C(NC=O)C2SC1. The van der Waals surface area contributed by atoms with E-state index in [1.807, 2.05) is 0 Å². The fourth-order valence-corrected chi connectivity index (χ4v) is 5.65. The number of nitrogens with zero attached hydrogens (tertiary/aromatic N) is 2. The van der Waals surface area contributed by atoms with Crippen LogP contribution in [0.3, 0.4) is 0 Å². The summed E-state index contributed by atoms with van der Waals surface area (Å²) in [6.45, 7) is 3.84. The molecule has 1 fully saturated rings. The molecule has 0 saturated carbocycles. The van der Waals surface area contributed by atoms with E-state index >= 15 is 0 Å². The molecule has 196 valence electrons. The van der Waals surface area contributed by atoms with Crippen molar-refractivity contribution >= 4 is 47.6 Å². The Bertz CT molecular complexity index is 1070. The number of nitrogens with one attached hydrogen (secondary N) is 2. The first-order chi connectivity index (χ1) is 17.2. The molecule has 2 unspecified atom stereocenters. The normalized spacial score (nSPS) is 19.0. The van der Waals surface area contributed by atoms with Crippen molar-refractivity contribution in [1.29, 1.82) is 0 Å². The highest BCUT2D eigenvalue weighted by molar-refractivity contribution is 8.00. The van der Waals surface area contributed by atoms with Crippen molar-refractivity contribution in [2.45, 2.75) is 31.2 Å². The maximum Gasteiger partial charge on any atom is 0.354 e. The summed E-state index contributed by atoms with van der Waals surface area (Å²) in [4.78, 5) is 52.1. The molecule has 1 aromatic rings. The molecule has 1 saturated heterocycles. The summed E-state index contributed by atoms with van der Waals surface area (Å²) in [6, 6.07) is 1.83. The Labute approximate surface area is 217 Å². The van der Waals surface area contributed by atoms with E-state index in [4.69, 9.17) is 16.3 Å². The highest BCUT2D eigenvalue weighted by Crippen LogP contribution is 2.40. The second-order valence-corrected chi connectivity index (χ2v) is 9.78. The van der Waals surface area contributed by atoms with Crippen LogP contribution < -0.4 is 10.6 Å². The number of carbonyl (C=O) groups is 4. The van der Waals surface area contributed by atoms with Crippen LogP contribution in [0.1, 0.15) is 30.1 Å². The van der Waals surface area contributed by atoms with Gasteiger partial charge in [0.05, 0.1) is 17.7 Å². The number of phenolic OH excluding ortho intramolecular Hbond substituents is 2. The van der Waals surface area contributed by atoms with Gasteiger partial charge in [-0.15, -0.1) is 11.8 Å². The van der Waals surface area contributed by atoms with Gasteiger partial charge in [0.2, 0.25) is 6.41 Å². The Kier molecular flexibility index (Phi) is 9.46. The Morgan fingerprint density at radius 3 is 2.75 bits per heavy atom. The largest absolute Gasteiger partial charge is 0.504 e. The van der Waals surface area contributed by atoms with Crippen LogP contribution in [0.15, 0.2) is 23.4 Å². The number of methoxy groups -OCH3 is 1. The van der Waals surface area contributed by atoms with E-state index in [0.29, 0.717) is 31.8 Å². The number of hydrogen-bond acceptors (Lipinski definition) is 9. The molecule has 0 aromatic heterocycles. The Morgan fingerprint density at radius 2 is 2.08 bits per heavy atom. The van der Waals surface area contributed by atoms with Gasteiger partial charge in [-0.1, -0.05) is 24.9 Å². The second kappa shape index (κ2) is 12.3. The van der Waals surface area contributed by atoms with Gasteiger partial charge in [-0.25, -0.2) is 4.79 Å². The van der Waals surface area contributed by atoms with Crippen molar-refractivity contribution in [1.82, 2.24) is 20.4 Å². The standard InChI is InChI=1S/C23H29ClN4O7S/c1-3-4-8-27(9-7-25-20(32)14-5-6-15(30)19(31)16(14)24)10-13-11-36-22-17(26-12-29)21(33)28(22)18(13)23(34)35-2/h5-6,12,17,22,30-31H,3-4,7-11H2,1-2H3,(H,25,32)(H,26,29). The topological polar surface area (TPSA) is 149 Å². The minimum absolute atomic E-state index is 0.0345. The summed E-state index contributed by atoms with van der Waals surface area (Å²) in [6.07, 6.45) is 2.30. The maximum absolute atomic E-state index is 12.6. The molecular formula is C23H29ClN4O7S. The molecule has 0 spiro atoms. The Hall–Kier alpha value is -2.96. The number of thioether (sulfide) groups is 1. The number of halogens is 1. The predicted octanol–water partition coefficient (Wildman–Crippen LogP) is 1.04. The third-order valence-corrected chi connectivity index (χ3v) is 7.69. The van der Waals surface area contributed by atoms with Gasteiger partial charge in [-0.05, 0) is 30.7 Å². The number of esters is 1. The lowest BCUT2D eigenvalue weighted by molar-refractivity contribution is -0.151. The van der Waals surface area contributed by atoms with Crippen molar-refractivity contribution in [3.05, 3.63) is 34.0 Å². The number of aromatic hydroxyl groups is 2. The smallest absolute Gasteiger partial charge is 0.354 e. The Balaban J connectivity index is 1.71. The third-order valence-electron chi connectivity index (χ3n) is 5.97. The molecule has 1 aromatic carbocycles. The molecule has 0 bridgehead atoms. The lowest BCUT2D eigenvalue weighted by atomic mass is 10.0. The molecule has 3 amide bonds. The fraction of sp³-hybridized carbons (Fsp3) is 0.478. The highest BCUT2D eigenvalue weighted by Gasteiger charge is 2.53. The number of hydrogen-bond donors (Lipinski definition) is 4. The molecule has 2 aliphatic heterocycles. The number of rotatable bonds is 12. The van der Waals surface area contributed by atoms with Gasteiger partial charge in [0, 0.05) is 25.4 Å². The zero-order valence-electron chi connectivity index (χ0n) is 20.0. The first-order valence-corrected chi connectivity index (χ1v) is 12.8. The van der Waals surface area contributed by atoms with Gasteiger partial charge in [0.1, 0.15) is 17.1 Å². The van der Waals surface area contributed by atoms with Crippen LogP contribution in [0.2, 0.25) is 5.02 Å². The number of benzene rings is 1. The van der Waals surface area contributed by atoms with Crippen LogP contribution in [-0.4, -0.2) is 94.7 Å². The van der Waals surface area contributed by atoms with Crippen LogP contribution in [0, 0.1) is 0 Å². The molecule has 2 aliphatic rings. The van der Waals surface area contributed by atoms with Crippen molar-refractivity contribution < 1.29 is 34.1 Å². The highest BCUT2D eigenvalue weighted by atomic mass is 35.5. The van der Waals surface area contributed by atoms with Gasteiger partial charge in [0.15, 0.2) is 11.5 Å². The predicted molar refractivity (Wildman–Crippen MR) is 134 cm³/mol. The summed E-state index contributed by atoms with van der Waals surface area (Å²) < 4.78 is 4.95. The zero-order chi connectivity index (χ0) is 26.4. The van der Waals surface area contributed by atoms with Gasteiger partial charge in [-0.2, -0.15) is 0 Å². The first kappa shape index (κ1) is 27.6. The van der Waals surface area contributed by atoms with Crippen LogP contribution in [0.25, 0.3) is 0 Å². The first-order valence-electron chi connectivity index (χ1n) is 11.4. The molecule has 0 aliphatic carbocycles. The van der Waals surface area contributed by atoms with E-state index in [9.17, 15) is 29.4 Å². The second-order valence-electron chi connectivity index (χ2n) is 8.30. The van der Waals surface area contributed by atoms with Gasteiger partial charge in [0.25, 0.3) is 11.8 Å². The third kappa shape index (κ3) is 5.71. The summed E-state index contributed by atoms with van der Waals surface area (Å²) in [5.74, 6) is -1.98. The summed E-state index contributed by atoms with van der Waals surface area (Å²) in [5, 5.41) is 23.9. The number of phenols is 2. The van der Waals surface area contributed by atoms with Crippen molar-refractivity contribution in [3.8, 4) is 11.5 Å². The number of carbonyl (C=O) groups excluding carboxylic acids is 4. The molecule has 4 N–H and O–H groups in total. The Morgan fingerprint density at radius 1 is 1.33 bits per heavy atom.